The highest BCUT2D eigenvalue weighted by Gasteiger charge is 2.17. The number of rotatable bonds is 7. The third-order valence-corrected chi connectivity index (χ3v) is 2.66. The molecule has 1 amide bonds. The van der Waals surface area contributed by atoms with E-state index in [1.807, 2.05) is 0 Å². The number of methoxy groups -OCH3 is 1. The Balaban J connectivity index is 2.73. The summed E-state index contributed by atoms with van der Waals surface area (Å²) in [6, 6.07) is 7.25. The Morgan fingerprint density at radius 2 is 2.13 bits per heavy atom. The van der Waals surface area contributed by atoms with Crippen LogP contribution in [0.3, 0.4) is 0 Å². The fraction of sp³-hybridized carbons (Fsp3) is 0.214. The van der Waals surface area contributed by atoms with Crippen molar-refractivity contribution in [2.75, 3.05) is 19.0 Å². The van der Waals surface area contributed by atoms with Crippen molar-refractivity contribution in [3.05, 3.63) is 46.2 Å². The summed E-state index contributed by atoms with van der Waals surface area (Å²) in [6.45, 7) is 0.177. The predicted molar refractivity (Wildman–Crippen MR) is 80.1 cm³/mol. The molecule has 23 heavy (non-hydrogen) atoms. The van der Waals surface area contributed by atoms with Crippen LogP contribution in [0.25, 0.3) is 0 Å². The second kappa shape index (κ2) is 8.78. The van der Waals surface area contributed by atoms with Crippen LogP contribution in [0.15, 0.2) is 36.0 Å². The zero-order valence-electron chi connectivity index (χ0n) is 12.2. The summed E-state index contributed by atoms with van der Waals surface area (Å²) in [4.78, 5) is 33.1. The van der Waals surface area contributed by atoms with E-state index in [0.717, 1.165) is 6.20 Å². The Morgan fingerprint density at radius 1 is 1.43 bits per heavy atom. The first-order valence-electron chi connectivity index (χ1n) is 6.44. The summed E-state index contributed by atoms with van der Waals surface area (Å²) in [5.41, 5.74) is -0.581. The van der Waals surface area contributed by atoms with Gasteiger partial charge in [-0.15, -0.1) is 0 Å². The molecule has 0 aromatic heterocycles. The normalized spacial score (nSPS) is 10.3. The van der Waals surface area contributed by atoms with E-state index in [2.05, 4.69) is 15.4 Å². The lowest BCUT2D eigenvalue weighted by molar-refractivity contribution is -0.383. The number of amides is 1. The number of nitrogens with one attached hydrogen (secondary N) is 2. The Morgan fingerprint density at radius 3 is 2.74 bits per heavy atom. The third-order valence-electron chi connectivity index (χ3n) is 2.66. The number of carbonyl (C=O) groups excluding carboxylic acids is 2. The van der Waals surface area contributed by atoms with Gasteiger partial charge in [-0.25, -0.2) is 0 Å². The number of nitrogens with zero attached hydrogens (tertiary/aromatic N) is 2. The Bertz CT molecular complexity index is 678. The maximum atomic E-state index is 11.9. The largest absolute Gasteiger partial charge is 0.469 e. The first-order valence-corrected chi connectivity index (χ1v) is 6.44. The molecule has 0 aliphatic carbocycles. The van der Waals surface area contributed by atoms with Gasteiger partial charge in [-0.3, -0.25) is 19.7 Å². The van der Waals surface area contributed by atoms with Gasteiger partial charge in [0.25, 0.3) is 11.6 Å². The molecule has 1 rings (SSSR count). The molecular weight excluding hydrogens is 304 g/mol. The number of ether oxygens (including phenoxy) is 1. The maximum absolute atomic E-state index is 11.9. The summed E-state index contributed by atoms with van der Waals surface area (Å²) in [5, 5.41) is 24.8. The number of hydrogen-bond acceptors (Lipinski definition) is 7. The zero-order valence-corrected chi connectivity index (χ0v) is 12.2. The van der Waals surface area contributed by atoms with E-state index in [9.17, 15) is 19.7 Å². The molecule has 9 heteroatoms. The van der Waals surface area contributed by atoms with Gasteiger partial charge >= 0.3 is 5.97 Å². The van der Waals surface area contributed by atoms with E-state index in [1.165, 1.54) is 31.4 Å². The highest BCUT2D eigenvalue weighted by atomic mass is 16.6. The number of nitro benzene ring substituents is 1. The minimum absolute atomic E-state index is 0.0155. The second-order valence-corrected chi connectivity index (χ2v) is 4.18. The predicted octanol–water partition coefficient (Wildman–Crippen LogP) is 1.09. The molecule has 0 aliphatic rings. The van der Waals surface area contributed by atoms with Crippen molar-refractivity contribution in [1.82, 2.24) is 5.32 Å². The summed E-state index contributed by atoms with van der Waals surface area (Å²) in [5.74, 6) is -1.24. The van der Waals surface area contributed by atoms with Gasteiger partial charge in [-0.05, 0) is 6.07 Å². The zero-order chi connectivity index (χ0) is 17.2. The van der Waals surface area contributed by atoms with Crippen molar-refractivity contribution >= 4 is 23.3 Å². The third kappa shape index (κ3) is 5.47. The van der Waals surface area contributed by atoms with E-state index < -0.39 is 16.8 Å². The van der Waals surface area contributed by atoms with Crippen LogP contribution >= 0.6 is 0 Å². The number of esters is 1. The van der Waals surface area contributed by atoms with Crippen molar-refractivity contribution in [2.45, 2.75) is 6.42 Å². The molecule has 1 aromatic rings. The van der Waals surface area contributed by atoms with E-state index >= 15 is 0 Å². The van der Waals surface area contributed by atoms with Crippen LogP contribution in [0.5, 0.6) is 0 Å². The molecular formula is C14H14N4O5. The quantitative estimate of drug-likeness (QED) is 0.192. The van der Waals surface area contributed by atoms with Gasteiger partial charge in [0.1, 0.15) is 17.3 Å². The summed E-state index contributed by atoms with van der Waals surface area (Å²) in [6.07, 6.45) is 1.20. The van der Waals surface area contributed by atoms with E-state index in [0.29, 0.717) is 0 Å². The van der Waals surface area contributed by atoms with Gasteiger partial charge in [-0.2, -0.15) is 5.26 Å². The number of nitriles is 1. The first-order chi connectivity index (χ1) is 11.0. The molecule has 0 saturated heterocycles. The maximum Gasteiger partial charge on any atom is 0.307 e. The first kappa shape index (κ1) is 17.6. The van der Waals surface area contributed by atoms with Gasteiger partial charge in [0.05, 0.1) is 18.5 Å². The van der Waals surface area contributed by atoms with Crippen molar-refractivity contribution < 1.29 is 19.2 Å². The van der Waals surface area contributed by atoms with Crippen molar-refractivity contribution in [3.8, 4) is 6.07 Å². The van der Waals surface area contributed by atoms with Gasteiger partial charge < -0.3 is 15.4 Å². The molecule has 0 atom stereocenters. The van der Waals surface area contributed by atoms with Gasteiger partial charge in [0, 0.05) is 18.8 Å². The minimum atomic E-state index is -0.799. The Labute approximate surface area is 131 Å². The lowest BCUT2D eigenvalue weighted by Gasteiger charge is -2.05. The molecule has 0 aliphatic heterocycles. The number of hydrogen-bond donors (Lipinski definition) is 2. The molecule has 1 aromatic carbocycles. The number of carbonyl (C=O) groups is 2. The fourth-order valence-corrected chi connectivity index (χ4v) is 1.53. The molecule has 0 fully saturated rings. The van der Waals surface area contributed by atoms with E-state index in [1.54, 1.807) is 6.07 Å². The molecule has 0 spiro atoms. The lowest BCUT2D eigenvalue weighted by Crippen LogP contribution is -2.19. The van der Waals surface area contributed by atoms with Crippen LogP contribution in [0.1, 0.15) is 6.42 Å². The van der Waals surface area contributed by atoms with Crippen LogP contribution in [-0.2, 0) is 14.3 Å². The number of para-hydroxylation sites is 2. The van der Waals surface area contributed by atoms with Crippen molar-refractivity contribution in [3.63, 3.8) is 0 Å². The molecule has 2 N–H and O–H groups in total. The summed E-state index contributed by atoms with van der Waals surface area (Å²) < 4.78 is 4.44. The molecule has 0 saturated carbocycles. The average Bonchev–Trinajstić information content (AvgIpc) is 2.54. The standard InChI is InChI=1S/C14H14N4O5/c1-23-13(19)6-7-16-9-10(8-15)14(20)17-11-4-2-3-5-12(11)18(21)22/h2-5,9,16H,6-7H2,1H3,(H,17,20)/b10-9-. The highest BCUT2D eigenvalue weighted by Crippen LogP contribution is 2.23. The summed E-state index contributed by atoms with van der Waals surface area (Å²) >= 11 is 0. The van der Waals surface area contributed by atoms with E-state index in [4.69, 9.17) is 5.26 Å². The fourth-order valence-electron chi connectivity index (χ4n) is 1.53. The minimum Gasteiger partial charge on any atom is -0.469 e. The van der Waals surface area contributed by atoms with Gasteiger partial charge in [-0.1, -0.05) is 12.1 Å². The van der Waals surface area contributed by atoms with Crippen LogP contribution in [0.2, 0.25) is 0 Å². The van der Waals surface area contributed by atoms with Crippen LogP contribution < -0.4 is 10.6 Å². The highest BCUT2D eigenvalue weighted by molar-refractivity contribution is 6.07. The van der Waals surface area contributed by atoms with Gasteiger partial charge in [0.2, 0.25) is 0 Å². The number of nitro groups is 1. The molecule has 0 heterocycles. The molecule has 0 unspecified atom stereocenters. The van der Waals surface area contributed by atoms with Crippen LogP contribution in [-0.4, -0.2) is 30.5 Å². The average molecular weight is 318 g/mol. The second-order valence-electron chi connectivity index (χ2n) is 4.18. The Hall–Kier alpha value is -3.41. The van der Waals surface area contributed by atoms with Crippen LogP contribution in [0, 0.1) is 21.4 Å². The summed E-state index contributed by atoms with van der Waals surface area (Å²) in [7, 11) is 1.25. The SMILES string of the molecule is COC(=O)CCN/C=C(/C#N)C(=O)Nc1ccccc1[N+](=O)[O-]. The van der Waals surface area contributed by atoms with E-state index in [-0.39, 0.29) is 29.9 Å². The molecule has 9 nitrogen and oxygen atoms in total. The van der Waals surface area contributed by atoms with Crippen LogP contribution in [0.4, 0.5) is 11.4 Å². The molecule has 0 radical (unpaired) electrons. The lowest BCUT2D eigenvalue weighted by atomic mass is 10.2. The Kier molecular flexibility index (Phi) is 6.74. The smallest absolute Gasteiger partial charge is 0.307 e. The monoisotopic (exact) mass is 318 g/mol. The van der Waals surface area contributed by atoms with Gasteiger partial charge in [0.15, 0.2) is 0 Å². The van der Waals surface area contributed by atoms with Crippen molar-refractivity contribution in [1.29, 1.82) is 5.26 Å². The topological polar surface area (TPSA) is 134 Å². The molecule has 0 bridgehead atoms. The number of anilines is 1. The van der Waals surface area contributed by atoms with Crippen molar-refractivity contribution in [2.24, 2.45) is 0 Å². The molecule has 120 valence electrons. The number of benzene rings is 1.